The molecule has 1 N–H and O–H groups in total. The maximum absolute atomic E-state index is 12.1. The molecule has 0 unspecified atom stereocenters. The number of hydrogen-bond donors (Lipinski definition) is 1. The summed E-state index contributed by atoms with van der Waals surface area (Å²) in [6.07, 6.45) is 5.17. The lowest BCUT2D eigenvalue weighted by atomic mass is 10.1. The number of rotatable bonds is 11. The molecule has 0 aromatic heterocycles. The number of ether oxygens (including phenoxy) is 2. The summed E-state index contributed by atoms with van der Waals surface area (Å²) < 4.78 is 11.9. The van der Waals surface area contributed by atoms with Gasteiger partial charge in [-0.2, -0.15) is 0 Å². The van der Waals surface area contributed by atoms with E-state index in [1.165, 1.54) is 19.3 Å². The Morgan fingerprint density at radius 1 is 1.09 bits per heavy atom. The van der Waals surface area contributed by atoms with Crippen LogP contribution in [0.5, 0.6) is 0 Å². The first-order chi connectivity index (χ1) is 10.2. The molecule has 1 amide bonds. The largest absolute Gasteiger partial charge is 0.374 e. The number of nitrogens with one attached hydrogen (secondary N) is 1. The summed E-state index contributed by atoms with van der Waals surface area (Å²) in [5, 5.41) is 3.01. The van der Waals surface area contributed by atoms with Crippen LogP contribution in [0.2, 0.25) is 0 Å². The molecule has 0 heterocycles. The summed E-state index contributed by atoms with van der Waals surface area (Å²) in [5.74, 6) is -0.0547. The van der Waals surface area contributed by atoms with E-state index in [4.69, 9.17) is 9.47 Å². The highest BCUT2D eigenvalue weighted by Gasteiger charge is 2.29. The molecule has 0 spiro atoms. The van der Waals surface area contributed by atoms with Gasteiger partial charge >= 0.3 is 0 Å². The van der Waals surface area contributed by atoms with Crippen molar-refractivity contribution in [3.8, 4) is 0 Å². The van der Waals surface area contributed by atoms with Gasteiger partial charge < -0.3 is 14.8 Å². The number of carbonyl (C=O) groups is 1. The van der Waals surface area contributed by atoms with Crippen LogP contribution >= 0.6 is 0 Å². The van der Waals surface area contributed by atoms with Crippen LogP contribution in [0.1, 0.15) is 80.6 Å². The summed E-state index contributed by atoms with van der Waals surface area (Å²) in [7, 11) is 0. The molecule has 0 aliphatic rings. The summed E-state index contributed by atoms with van der Waals surface area (Å²) in [4.78, 5) is 12.1. The Balaban J connectivity index is 4.81. The highest BCUT2D eigenvalue weighted by molar-refractivity contribution is 5.78. The second kappa shape index (κ2) is 11.0. The van der Waals surface area contributed by atoms with Gasteiger partial charge in [-0.25, -0.2) is 0 Å². The van der Waals surface area contributed by atoms with E-state index in [0.717, 1.165) is 12.8 Å². The smallest absolute Gasteiger partial charge is 0.224 e. The Labute approximate surface area is 137 Å². The van der Waals surface area contributed by atoms with Crippen molar-refractivity contribution in [1.29, 1.82) is 0 Å². The molecule has 2 atom stereocenters. The molecule has 0 aromatic carbocycles. The summed E-state index contributed by atoms with van der Waals surface area (Å²) >= 11 is 0. The standard InChI is InChI=1S/C18H37NO3/c1-8-10-11-12-13-15(21-9-2)17(22-18(5,6)7)19-16(20)14(3)4/h14-15,17H,8-13H2,1-7H3,(H,19,20)/t15-,17+/m1/s1. The third-order valence-electron chi connectivity index (χ3n) is 3.35. The first kappa shape index (κ1) is 21.4. The topological polar surface area (TPSA) is 47.6 Å². The third kappa shape index (κ3) is 10.2. The van der Waals surface area contributed by atoms with Crippen LogP contribution < -0.4 is 5.32 Å². The van der Waals surface area contributed by atoms with E-state index in [-0.39, 0.29) is 23.5 Å². The van der Waals surface area contributed by atoms with Gasteiger partial charge in [0.25, 0.3) is 0 Å². The predicted octanol–water partition coefficient (Wildman–Crippen LogP) is 4.28. The molecule has 0 radical (unpaired) electrons. The highest BCUT2D eigenvalue weighted by atomic mass is 16.6. The van der Waals surface area contributed by atoms with Crippen molar-refractivity contribution in [3.63, 3.8) is 0 Å². The number of hydrogen-bond acceptors (Lipinski definition) is 3. The van der Waals surface area contributed by atoms with Crippen molar-refractivity contribution in [2.45, 2.75) is 98.5 Å². The van der Waals surface area contributed by atoms with Crippen LogP contribution in [0.3, 0.4) is 0 Å². The van der Waals surface area contributed by atoms with E-state index in [9.17, 15) is 4.79 Å². The minimum absolute atomic E-state index is 0.00695. The van der Waals surface area contributed by atoms with Gasteiger partial charge in [-0.1, -0.05) is 46.5 Å². The Morgan fingerprint density at radius 3 is 2.18 bits per heavy atom. The van der Waals surface area contributed by atoms with E-state index in [1.54, 1.807) is 0 Å². The molecule has 0 aliphatic heterocycles. The third-order valence-corrected chi connectivity index (χ3v) is 3.35. The molecule has 0 bridgehead atoms. The Kier molecular flexibility index (Phi) is 10.7. The van der Waals surface area contributed by atoms with Crippen molar-refractivity contribution in [1.82, 2.24) is 5.32 Å². The van der Waals surface area contributed by atoms with Crippen LogP contribution in [0.15, 0.2) is 0 Å². The molecule has 132 valence electrons. The van der Waals surface area contributed by atoms with Gasteiger partial charge in [0.2, 0.25) is 5.91 Å². The van der Waals surface area contributed by atoms with Crippen molar-refractivity contribution >= 4 is 5.91 Å². The molecule has 0 aliphatic carbocycles. The number of unbranched alkanes of at least 4 members (excludes halogenated alkanes) is 3. The van der Waals surface area contributed by atoms with Crippen molar-refractivity contribution in [2.75, 3.05) is 6.61 Å². The molecule has 4 heteroatoms. The van der Waals surface area contributed by atoms with E-state index in [2.05, 4.69) is 12.2 Å². The fourth-order valence-electron chi connectivity index (χ4n) is 2.19. The fourth-order valence-corrected chi connectivity index (χ4v) is 2.19. The Bertz CT molecular complexity index is 297. The van der Waals surface area contributed by atoms with Crippen LogP contribution in [0.4, 0.5) is 0 Å². The van der Waals surface area contributed by atoms with Crippen LogP contribution in [-0.4, -0.2) is 30.4 Å². The molecule has 0 saturated carbocycles. The molecular formula is C18H37NO3. The van der Waals surface area contributed by atoms with Gasteiger partial charge in [0.1, 0.15) is 6.10 Å². The second-order valence-electron chi connectivity index (χ2n) is 7.16. The minimum Gasteiger partial charge on any atom is -0.374 e. The van der Waals surface area contributed by atoms with Crippen LogP contribution in [0, 0.1) is 5.92 Å². The SMILES string of the molecule is CCCCCC[C@@H](OCC)[C@@H](NC(=O)C(C)C)OC(C)(C)C. The normalized spacial score (nSPS) is 14.9. The Morgan fingerprint density at radius 2 is 1.73 bits per heavy atom. The van der Waals surface area contributed by atoms with Crippen molar-refractivity contribution in [2.24, 2.45) is 5.92 Å². The maximum atomic E-state index is 12.1. The zero-order chi connectivity index (χ0) is 17.2. The monoisotopic (exact) mass is 315 g/mol. The minimum atomic E-state index is -0.392. The van der Waals surface area contributed by atoms with Crippen LogP contribution in [-0.2, 0) is 14.3 Å². The average molecular weight is 315 g/mol. The lowest BCUT2D eigenvalue weighted by Crippen LogP contribution is -2.50. The zero-order valence-electron chi connectivity index (χ0n) is 15.7. The second-order valence-corrected chi connectivity index (χ2v) is 7.16. The molecule has 4 nitrogen and oxygen atoms in total. The van der Waals surface area contributed by atoms with E-state index in [0.29, 0.717) is 6.61 Å². The first-order valence-corrected chi connectivity index (χ1v) is 8.81. The molecule has 0 rings (SSSR count). The maximum Gasteiger partial charge on any atom is 0.224 e. The van der Waals surface area contributed by atoms with Gasteiger partial charge in [0.05, 0.1) is 5.60 Å². The van der Waals surface area contributed by atoms with Crippen molar-refractivity contribution < 1.29 is 14.3 Å². The molecule has 0 fully saturated rings. The molecular weight excluding hydrogens is 278 g/mol. The molecule has 22 heavy (non-hydrogen) atoms. The quantitative estimate of drug-likeness (QED) is 0.457. The van der Waals surface area contributed by atoms with Gasteiger partial charge in [-0.05, 0) is 34.1 Å². The fraction of sp³-hybridized carbons (Fsp3) is 0.944. The van der Waals surface area contributed by atoms with E-state index < -0.39 is 6.23 Å². The van der Waals surface area contributed by atoms with Crippen molar-refractivity contribution in [3.05, 3.63) is 0 Å². The van der Waals surface area contributed by atoms with Gasteiger partial charge in [0.15, 0.2) is 6.23 Å². The first-order valence-electron chi connectivity index (χ1n) is 8.81. The number of carbonyl (C=O) groups excluding carboxylic acids is 1. The van der Waals surface area contributed by atoms with E-state index >= 15 is 0 Å². The zero-order valence-corrected chi connectivity index (χ0v) is 15.7. The van der Waals surface area contributed by atoms with Crippen LogP contribution in [0.25, 0.3) is 0 Å². The molecule has 0 aromatic rings. The average Bonchev–Trinajstić information content (AvgIpc) is 2.39. The van der Waals surface area contributed by atoms with Gasteiger partial charge in [-0.3, -0.25) is 4.79 Å². The summed E-state index contributed by atoms with van der Waals surface area (Å²) in [5.41, 5.74) is -0.326. The lowest BCUT2D eigenvalue weighted by molar-refractivity contribution is -0.156. The van der Waals surface area contributed by atoms with E-state index in [1.807, 2.05) is 41.5 Å². The summed E-state index contributed by atoms with van der Waals surface area (Å²) in [6.45, 7) is 14.6. The van der Waals surface area contributed by atoms with Gasteiger partial charge in [0, 0.05) is 12.5 Å². The molecule has 0 saturated heterocycles. The predicted molar refractivity (Wildman–Crippen MR) is 91.8 cm³/mol. The lowest BCUT2D eigenvalue weighted by Gasteiger charge is -2.34. The number of amides is 1. The summed E-state index contributed by atoms with van der Waals surface area (Å²) in [6, 6.07) is 0. The van der Waals surface area contributed by atoms with Gasteiger partial charge in [-0.15, -0.1) is 0 Å². The Hall–Kier alpha value is -0.610. The highest BCUT2D eigenvalue weighted by Crippen LogP contribution is 2.18.